The van der Waals surface area contributed by atoms with Crippen LogP contribution in [0.1, 0.15) is 11.7 Å². The molecule has 0 fully saturated rings. The van der Waals surface area contributed by atoms with Gasteiger partial charge in [0.25, 0.3) is 5.69 Å². The first-order chi connectivity index (χ1) is 8.80. The van der Waals surface area contributed by atoms with Gasteiger partial charge in [-0.3, -0.25) is 10.1 Å². The van der Waals surface area contributed by atoms with Crippen molar-refractivity contribution in [3.8, 4) is 0 Å². The highest BCUT2D eigenvalue weighted by molar-refractivity contribution is 5.88. The average Bonchev–Trinajstić information content (AvgIpc) is 2.35. The second-order valence-corrected chi connectivity index (χ2v) is 3.96. The number of aliphatic hydroxyl groups excluding tert-OH is 1. The molecule has 100 valence electrons. The van der Waals surface area contributed by atoms with Crippen molar-refractivity contribution >= 4 is 16.5 Å². The molecule has 0 radical (unpaired) electrons. The van der Waals surface area contributed by atoms with Gasteiger partial charge in [-0.15, -0.1) is 0 Å². The van der Waals surface area contributed by atoms with Gasteiger partial charge in [0.2, 0.25) is 0 Å². The van der Waals surface area contributed by atoms with E-state index < -0.39 is 28.5 Å². The number of rotatable bonds is 2. The molecule has 1 N–H and O–H groups in total. The van der Waals surface area contributed by atoms with Crippen LogP contribution in [-0.2, 0) is 0 Å². The largest absolute Gasteiger partial charge is 0.418 e. The zero-order valence-electron chi connectivity index (χ0n) is 9.39. The number of nitro groups is 1. The summed E-state index contributed by atoms with van der Waals surface area (Å²) in [7, 11) is 0. The maximum absolute atomic E-state index is 12.6. The highest BCUT2D eigenvalue weighted by Gasteiger charge is 2.40. The maximum Gasteiger partial charge on any atom is 0.418 e. The summed E-state index contributed by atoms with van der Waals surface area (Å²) in [5.74, 6) is 0. The zero-order valence-corrected chi connectivity index (χ0v) is 9.39. The predicted octanol–water partition coefficient (Wildman–Crippen LogP) is 3.34. The molecule has 0 aliphatic rings. The zero-order chi connectivity index (χ0) is 14.2. The van der Waals surface area contributed by atoms with Crippen LogP contribution in [0.2, 0.25) is 0 Å². The molecule has 2 aromatic rings. The van der Waals surface area contributed by atoms with Gasteiger partial charge in [0, 0.05) is 17.7 Å². The molecule has 2 rings (SSSR count). The third-order valence-corrected chi connectivity index (χ3v) is 2.69. The lowest BCUT2D eigenvalue weighted by Gasteiger charge is -2.16. The van der Waals surface area contributed by atoms with E-state index in [1.54, 1.807) is 6.07 Å². The fraction of sp³-hybridized carbons (Fsp3) is 0.167. The summed E-state index contributed by atoms with van der Waals surface area (Å²) in [5.41, 5.74) is -1.01. The van der Waals surface area contributed by atoms with Crippen LogP contribution in [0.5, 0.6) is 0 Å². The minimum absolute atomic E-state index is 0.137. The van der Waals surface area contributed by atoms with E-state index in [-0.39, 0.29) is 10.8 Å². The maximum atomic E-state index is 12.6. The first kappa shape index (κ1) is 13.3. The Labute approximate surface area is 105 Å². The monoisotopic (exact) mass is 271 g/mol. The van der Waals surface area contributed by atoms with Crippen molar-refractivity contribution in [2.75, 3.05) is 0 Å². The van der Waals surface area contributed by atoms with Crippen LogP contribution >= 0.6 is 0 Å². The molecule has 2 aromatic carbocycles. The summed E-state index contributed by atoms with van der Waals surface area (Å²) in [6, 6.07) is 7.80. The first-order valence-corrected chi connectivity index (χ1v) is 5.22. The van der Waals surface area contributed by atoms with Crippen LogP contribution in [-0.4, -0.2) is 16.2 Å². The average molecular weight is 271 g/mol. The van der Waals surface area contributed by atoms with Crippen molar-refractivity contribution < 1.29 is 23.2 Å². The van der Waals surface area contributed by atoms with Gasteiger partial charge >= 0.3 is 6.18 Å². The minimum Gasteiger partial charge on any atom is -0.379 e. The number of halogens is 3. The van der Waals surface area contributed by atoms with Crippen LogP contribution in [0.4, 0.5) is 18.9 Å². The van der Waals surface area contributed by atoms with Gasteiger partial charge in [0.1, 0.15) is 0 Å². The molecule has 0 aliphatic heterocycles. The van der Waals surface area contributed by atoms with E-state index in [0.717, 1.165) is 6.07 Å². The van der Waals surface area contributed by atoms with Crippen LogP contribution in [0.25, 0.3) is 10.8 Å². The molecule has 0 saturated carbocycles. The lowest BCUT2D eigenvalue weighted by molar-refractivity contribution is -0.384. The Hall–Kier alpha value is -2.15. The van der Waals surface area contributed by atoms with Crippen LogP contribution in [0.15, 0.2) is 36.4 Å². The van der Waals surface area contributed by atoms with Crippen molar-refractivity contribution in [3.63, 3.8) is 0 Å². The third-order valence-electron chi connectivity index (χ3n) is 2.69. The summed E-state index contributed by atoms with van der Waals surface area (Å²) < 4.78 is 37.7. The van der Waals surface area contributed by atoms with E-state index in [4.69, 9.17) is 0 Å². The number of hydrogen-bond donors (Lipinski definition) is 1. The van der Waals surface area contributed by atoms with Crippen molar-refractivity contribution in [1.29, 1.82) is 0 Å². The van der Waals surface area contributed by atoms with Crippen molar-refractivity contribution in [1.82, 2.24) is 0 Å². The van der Waals surface area contributed by atoms with Gasteiger partial charge in [-0.2, -0.15) is 13.2 Å². The van der Waals surface area contributed by atoms with E-state index >= 15 is 0 Å². The number of alkyl halides is 3. The van der Waals surface area contributed by atoms with Gasteiger partial charge in [-0.05, 0) is 10.8 Å². The van der Waals surface area contributed by atoms with E-state index in [9.17, 15) is 28.4 Å². The molecule has 7 heteroatoms. The smallest absolute Gasteiger partial charge is 0.379 e. The van der Waals surface area contributed by atoms with E-state index in [1.807, 2.05) is 0 Å². The Morgan fingerprint density at radius 3 is 2.42 bits per heavy atom. The minimum atomic E-state index is -4.88. The summed E-state index contributed by atoms with van der Waals surface area (Å²) in [5, 5.41) is 20.4. The Bertz CT molecular complexity index is 640. The Kier molecular flexibility index (Phi) is 3.15. The van der Waals surface area contributed by atoms with Gasteiger partial charge in [0.15, 0.2) is 6.10 Å². The number of non-ortho nitro benzene ring substituents is 1. The topological polar surface area (TPSA) is 63.4 Å². The molecule has 0 heterocycles. The SMILES string of the molecule is O=[N+]([O-])c1cc(C(O)C(F)(F)F)c2ccccc2c1. The van der Waals surface area contributed by atoms with Gasteiger partial charge < -0.3 is 5.11 Å². The molecule has 0 bridgehead atoms. The Balaban J connectivity index is 2.73. The molecule has 19 heavy (non-hydrogen) atoms. The highest BCUT2D eigenvalue weighted by atomic mass is 19.4. The molecular weight excluding hydrogens is 263 g/mol. The summed E-state index contributed by atoms with van der Waals surface area (Å²) in [6.07, 6.45) is -7.63. The first-order valence-electron chi connectivity index (χ1n) is 5.22. The van der Waals surface area contributed by atoms with Gasteiger partial charge in [-0.1, -0.05) is 24.3 Å². The number of nitro benzene ring substituents is 1. The number of fused-ring (bicyclic) bond motifs is 1. The summed E-state index contributed by atoms with van der Waals surface area (Å²) >= 11 is 0. The fourth-order valence-corrected chi connectivity index (χ4v) is 1.83. The Morgan fingerprint density at radius 2 is 1.84 bits per heavy atom. The number of aliphatic hydroxyl groups is 1. The molecule has 1 atom stereocenters. The fourth-order valence-electron chi connectivity index (χ4n) is 1.83. The second kappa shape index (κ2) is 4.51. The molecule has 4 nitrogen and oxygen atoms in total. The van der Waals surface area contributed by atoms with E-state index in [2.05, 4.69) is 0 Å². The van der Waals surface area contributed by atoms with Gasteiger partial charge in [0.05, 0.1) is 4.92 Å². The number of benzene rings is 2. The molecular formula is C12H8F3NO3. The standard InChI is InChI=1S/C12H8F3NO3/c13-12(14,15)11(17)10-6-8(16(18)19)5-7-3-1-2-4-9(7)10/h1-6,11,17H. The molecule has 1 unspecified atom stereocenters. The molecule has 0 aromatic heterocycles. The molecule has 0 saturated heterocycles. The summed E-state index contributed by atoms with van der Waals surface area (Å²) in [4.78, 5) is 9.92. The van der Waals surface area contributed by atoms with E-state index in [0.29, 0.717) is 0 Å². The third kappa shape index (κ3) is 2.50. The van der Waals surface area contributed by atoms with Crippen LogP contribution in [0, 0.1) is 10.1 Å². The predicted molar refractivity (Wildman–Crippen MR) is 61.6 cm³/mol. The van der Waals surface area contributed by atoms with Crippen LogP contribution in [0.3, 0.4) is 0 Å². The molecule has 0 amide bonds. The highest BCUT2D eigenvalue weighted by Crippen LogP contribution is 2.37. The van der Waals surface area contributed by atoms with Gasteiger partial charge in [-0.25, -0.2) is 0 Å². The van der Waals surface area contributed by atoms with E-state index in [1.165, 1.54) is 24.3 Å². The van der Waals surface area contributed by atoms with Crippen LogP contribution < -0.4 is 0 Å². The second-order valence-electron chi connectivity index (χ2n) is 3.96. The molecule has 0 spiro atoms. The normalized spacial score (nSPS) is 13.5. The quantitative estimate of drug-likeness (QED) is 0.673. The van der Waals surface area contributed by atoms with Crippen molar-refractivity contribution in [3.05, 3.63) is 52.1 Å². The Morgan fingerprint density at radius 1 is 1.21 bits per heavy atom. The van der Waals surface area contributed by atoms with Crippen molar-refractivity contribution in [2.45, 2.75) is 12.3 Å². The lowest BCUT2D eigenvalue weighted by atomic mass is 9.99. The number of hydrogen-bond acceptors (Lipinski definition) is 3. The number of nitrogens with zero attached hydrogens (tertiary/aromatic N) is 1. The van der Waals surface area contributed by atoms with Crippen molar-refractivity contribution in [2.24, 2.45) is 0 Å². The summed E-state index contributed by atoms with van der Waals surface area (Å²) in [6.45, 7) is 0. The molecule has 0 aliphatic carbocycles. The lowest BCUT2D eigenvalue weighted by Crippen LogP contribution is -2.20.